The Hall–Kier alpha value is -2.09. The van der Waals surface area contributed by atoms with Gasteiger partial charge in [0.15, 0.2) is 0 Å². The average Bonchev–Trinajstić information content (AvgIpc) is 2.07. The second-order valence-electron chi connectivity index (χ2n) is 2.29. The van der Waals surface area contributed by atoms with Crippen molar-refractivity contribution in [3.8, 4) is 11.8 Å². The first-order valence-corrected chi connectivity index (χ1v) is 3.37. The first-order chi connectivity index (χ1) is 6.09. The maximum absolute atomic E-state index is 10.8. The van der Waals surface area contributed by atoms with E-state index in [1.54, 1.807) is 0 Å². The minimum Gasteiger partial charge on any atom is -0.472 e. The molecule has 5 nitrogen and oxygen atoms in total. The highest BCUT2D eigenvalue weighted by atomic mass is 16.4. The predicted octanol–water partition coefficient (Wildman–Crippen LogP) is -0.784. The monoisotopic (exact) mass is 178 g/mol. The standard InChI is InChI=1S/C8H6N2O3/c1-10-5-6(2-3-7(11)12)4-9-8(10)13/h4-5H,1H3,(H,11,12). The van der Waals surface area contributed by atoms with Gasteiger partial charge in [-0.05, 0) is 0 Å². The van der Waals surface area contributed by atoms with Crippen molar-refractivity contribution in [3.05, 3.63) is 28.4 Å². The number of hydrogen-bond donors (Lipinski definition) is 1. The lowest BCUT2D eigenvalue weighted by Gasteiger charge is -1.93. The molecule has 66 valence electrons. The van der Waals surface area contributed by atoms with Crippen LogP contribution in [0.1, 0.15) is 5.56 Å². The molecular formula is C8H6N2O3. The third kappa shape index (κ3) is 2.45. The third-order valence-electron chi connectivity index (χ3n) is 1.26. The largest absolute Gasteiger partial charge is 0.472 e. The van der Waals surface area contributed by atoms with Crippen LogP contribution in [0.25, 0.3) is 0 Å². The zero-order valence-corrected chi connectivity index (χ0v) is 6.81. The van der Waals surface area contributed by atoms with Crippen molar-refractivity contribution in [1.82, 2.24) is 9.55 Å². The van der Waals surface area contributed by atoms with Crippen molar-refractivity contribution in [1.29, 1.82) is 0 Å². The molecule has 5 heteroatoms. The zero-order chi connectivity index (χ0) is 9.84. The van der Waals surface area contributed by atoms with Gasteiger partial charge in [-0.3, -0.25) is 0 Å². The fourth-order valence-electron chi connectivity index (χ4n) is 0.703. The lowest BCUT2D eigenvalue weighted by Crippen LogP contribution is -2.18. The Labute approximate surface area is 73.7 Å². The lowest BCUT2D eigenvalue weighted by atomic mass is 10.3. The highest BCUT2D eigenvalue weighted by molar-refractivity contribution is 5.87. The second kappa shape index (κ2) is 3.54. The highest BCUT2D eigenvalue weighted by Gasteiger charge is 1.92. The number of nitrogens with zero attached hydrogens (tertiary/aromatic N) is 2. The fraction of sp³-hybridized carbons (Fsp3) is 0.125. The summed E-state index contributed by atoms with van der Waals surface area (Å²) in [7, 11) is 1.52. The minimum atomic E-state index is -1.21. The molecule has 0 radical (unpaired) electrons. The van der Waals surface area contributed by atoms with Crippen molar-refractivity contribution in [2.24, 2.45) is 7.05 Å². The van der Waals surface area contributed by atoms with E-state index >= 15 is 0 Å². The molecule has 0 atom stereocenters. The first kappa shape index (κ1) is 9.00. The van der Waals surface area contributed by atoms with Gasteiger partial charge in [0.1, 0.15) is 0 Å². The summed E-state index contributed by atoms with van der Waals surface area (Å²) in [6.45, 7) is 0. The Morgan fingerprint density at radius 2 is 2.38 bits per heavy atom. The molecule has 0 unspecified atom stereocenters. The molecule has 0 fully saturated rings. The van der Waals surface area contributed by atoms with E-state index in [0.717, 1.165) is 0 Å². The quantitative estimate of drug-likeness (QED) is 0.529. The van der Waals surface area contributed by atoms with Gasteiger partial charge in [-0.1, -0.05) is 5.92 Å². The van der Waals surface area contributed by atoms with Crippen LogP contribution in [-0.4, -0.2) is 20.6 Å². The molecule has 0 aliphatic rings. The lowest BCUT2D eigenvalue weighted by molar-refractivity contribution is -0.130. The van der Waals surface area contributed by atoms with Gasteiger partial charge in [-0.15, -0.1) is 0 Å². The van der Waals surface area contributed by atoms with E-state index in [-0.39, 0.29) is 0 Å². The fourth-order valence-corrected chi connectivity index (χ4v) is 0.703. The van der Waals surface area contributed by atoms with Crippen molar-refractivity contribution in [2.45, 2.75) is 0 Å². The molecule has 0 amide bonds. The van der Waals surface area contributed by atoms with Crippen LogP contribution >= 0.6 is 0 Å². The van der Waals surface area contributed by atoms with E-state index in [2.05, 4.69) is 10.9 Å². The molecule has 1 rings (SSSR count). The van der Waals surface area contributed by atoms with E-state index < -0.39 is 11.7 Å². The van der Waals surface area contributed by atoms with Gasteiger partial charge in [0, 0.05) is 25.4 Å². The second-order valence-corrected chi connectivity index (χ2v) is 2.29. The maximum Gasteiger partial charge on any atom is 0.382 e. The van der Waals surface area contributed by atoms with Crippen molar-refractivity contribution in [2.75, 3.05) is 0 Å². The van der Waals surface area contributed by atoms with Gasteiger partial charge >= 0.3 is 11.7 Å². The minimum absolute atomic E-state index is 0.393. The molecule has 0 saturated heterocycles. The summed E-state index contributed by atoms with van der Waals surface area (Å²) in [4.78, 5) is 24.3. The normalized spacial score (nSPS) is 8.69. The smallest absolute Gasteiger partial charge is 0.382 e. The van der Waals surface area contributed by atoms with Crippen LogP contribution < -0.4 is 5.69 Å². The van der Waals surface area contributed by atoms with Crippen molar-refractivity contribution in [3.63, 3.8) is 0 Å². The molecule has 1 aromatic rings. The van der Waals surface area contributed by atoms with Crippen LogP contribution in [0.3, 0.4) is 0 Å². The average molecular weight is 178 g/mol. The number of carboxylic acid groups (broad SMARTS) is 1. The summed E-state index contributed by atoms with van der Waals surface area (Å²) >= 11 is 0. The highest BCUT2D eigenvalue weighted by Crippen LogP contribution is 1.87. The summed E-state index contributed by atoms with van der Waals surface area (Å²) in [5, 5.41) is 8.24. The number of carboxylic acids is 1. The molecule has 0 aromatic carbocycles. The summed E-state index contributed by atoms with van der Waals surface area (Å²) in [6, 6.07) is 0. The van der Waals surface area contributed by atoms with E-state index in [9.17, 15) is 9.59 Å². The molecule has 0 aliphatic heterocycles. The number of rotatable bonds is 0. The Morgan fingerprint density at radius 3 is 2.92 bits per heavy atom. The van der Waals surface area contributed by atoms with Crippen LogP contribution in [0.4, 0.5) is 0 Å². The van der Waals surface area contributed by atoms with Gasteiger partial charge in [-0.25, -0.2) is 14.6 Å². The van der Waals surface area contributed by atoms with Crippen molar-refractivity contribution < 1.29 is 9.90 Å². The van der Waals surface area contributed by atoms with Gasteiger partial charge in [0.05, 0.1) is 5.56 Å². The van der Waals surface area contributed by atoms with E-state index in [0.29, 0.717) is 5.56 Å². The summed E-state index contributed by atoms with van der Waals surface area (Å²) < 4.78 is 1.23. The summed E-state index contributed by atoms with van der Waals surface area (Å²) in [5.41, 5.74) is -0.00891. The number of hydrogen-bond acceptors (Lipinski definition) is 3. The third-order valence-corrected chi connectivity index (χ3v) is 1.26. The SMILES string of the molecule is Cn1cc(C#CC(=O)O)cnc1=O. The van der Waals surface area contributed by atoms with Gasteiger partial charge < -0.3 is 9.67 Å². The molecule has 0 spiro atoms. The van der Waals surface area contributed by atoms with Gasteiger partial charge in [0.25, 0.3) is 0 Å². The van der Waals surface area contributed by atoms with Crippen LogP contribution in [0.5, 0.6) is 0 Å². The summed E-state index contributed by atoms with van der Waals surface area (Å²) in [6.07, 6.45) is 2.66. The van der Waals surface area contributed by atoms with Gasteiger partial charge in [0.2, 0.25) is 0 Å². The number of aliphatic carboxylic acids is 1. The molecule has 1 aromatic heterocycles. The first-order valence-electron chi connectivity index (χ1n) is 3.37. The van der Waals surface area contributed by atoms with Crippen molar-refractivity contribution >= 4 is 5.97 Å². The topological polar surface area (TPSA) is 72.2 Å². The molecule has 1 N–H and O–H groups in total. The number of carbonyl (C=O) groups is 1. The summed E-state index contributed by atoms with van der Waals surface area (Å²) in [5.74, 6) is 3.05. The van der Waals surface area contributed by atoms with Crippen LogP contribution in [0, 0.1) is 11.8 Å². The Morgan fingerprint density at radius 1 is 1.69 bits per heavy atom. The number of aromatic nitrogens is 2. The molecule has 0 saturated carbocycles. The molecule has 13 heavy (non-hydrogen) atoms. The molecular weight excluding hydrogens is 172 g/mol. The maximum atomic E-state index is 10.8. The Bertz CT molecular complexity index is 450. The zero-order valence-electron chi connectivity index (χ0n) is 6.81. The molecule has 0 aliphatic carbocycles. The Kier molecular flexibility index (Phi) is 2.45. The van der Waals surface area contributed by atoms with E-state index in [1.807, 2.05) is 5.92 Å². The van der Waals surface area contributed by atoms with E-state index in [4.69, 9.17) is 5.11 Å². The Balaban J connectivity index is 3.07. The van der Waals surface area contributed by atoms with Gasteiger partial charge in [-0.2, -0.15) is 0 Å². The van der Waals surface area contributed by atoms with Crippen LogP contribution in [0.2, 0.25) is 0 Å². The van der Waals surface area contributed by atoms with Crippen LogP contribution in [0.15, 0.2) is 17.2 Å². The van der Waals surface area contributed by atoms with Crippen LogP contribution in [-0.2, 0) is 11.8 Å². The molecule has 1 heterocycles. The molecule has 0 bridgehead atoms. The van der Waals surface area contributed by atoms with E-state index in [1.165, 1.54) is 24.0 Å². The number of aryl methyl sites for hydroxylation is 1. The predicted molar refractivity (Wildman–Crippen MR) is 44.0 cm³/mol.